The van der Waals surface area contributed by atoms with E-state index >= 15 is 0 Å². The lowest BCUT2D eigenvalue weighted by atomic mass is 9.90. The molecular formula is C11H25NO. The van der Waals surface area contributed by atoms with Gasteiger partial charge in [-0.05, 0) is 31.3 Å². The van der Waals surface area contributed by atoms with Gasteiger partial charge in [0.1, 0.15) is 0 Å². The summed E-state index contributed by atoms with van der Waals surface area (Å²) in [6.45, 7) is 9.82. The van der Waals surface area contributed by atoms with Gasteiger partial charge in [-0.15, -0.1) is 0 Å². The Morgan fingerprint density at radius 3 is 2.46 bits per heavy atom. The van der Waals surface area contributed by atoms with Crippen molar-refractivity contribution in [1.82, 2.24) is 5.32 Å². The Morgan fingerprint density at radius 1 is 1.23 bits per heavy atom. The highest BCUT2D eigenvalue weighted by Crippen LogP contribution is 2.19. The van der Waals surface area contributed by atoms with E-state index in [1.165, 1.54) is 19.3 Å². The predicted molar refractivity (Wildman–Crippen MR) is 58.1 cm³/mol. The first-order chi connectivity index (χ1) is 6.12. The quantitative estimate of drug-likeness (QED) is 0.589. The third kappa shape index (κ3) is 8.26. The second kappa shape index (κ2) is 7.34. The molecule has 0 aliphatic heterocycles. The monoisotopic (exact) mass is 187 g/mol. The second-order valence-corrected chi connectivity index (χ2v) is 4.45. The van der Waals surface area contributed by atoms with Gasteiger partial charge in [0, 0.05) is 7.11 Å². The van der Waals surface area contributed by atoms with Gasteiger partial charge in [-0.25, -0.2) is 0 Å². The molecule has 0 amide bonds. The Kier molecular flexibility index (Phi) is 7.29. The van der Waals surface area contributed by atoms with Gasteiger partial charge in [-0.3, -0.25) is 0 Å². The highest BCUT2D eigenvalue weighted by atomic mass is 16.5. The molecule has 0 atom stereocenters. The first kappa shape index (κ1) is 12.9. The lowest BCUT2D eigenvalue weighted by molar-refractivity contribution is 0.0983. The Bertz CT molecular complexity index is 113. The predicted octanol–water partition coefficient (Wildman–Crippen LogP) is 2.44. The normalized spacial score (nSPS) is 12.0. The number of unbranched alkanes of at least 4 members (excludes halogenated alkanes) is 1. The van der Waals surface area contributed by atoms with Crippen molar-refractivity contribution in [2.24, 2.45) is 5.41 Å². The van der Waals surface area contributed by atoms with Crippen LogP contribution in [0.4, 0.5) is 0 Å². The second-order valence-electron chi connectivity index (χ2n) is 4.45. The van der Waals surface area contributed by atoms with Gasteiger partial charge >= 0.3 is 0 Å². The zero-order chi connectivity index (χ0) is 10.2. The number of methoxy groups -OCH3 is 1. The molecule has 0 aliphatic rings. The summed E-state index contributed by atoms with van der Waals surface area (Å²) in [5, 5.41) is 3.45. The molecule has 0 aromatic rings. The summed E-state index contributed by atoms with van der Waals surface area (Å²) in [7, 11) is 1.77. The molecule has 0 saturated heterocycles. The van der Waals surface area contributed by atoms with Crippen molar-refractivity contribution < 1.29 is 4.74 Å². The summed E-state index contributed by atoms with van der Waals surface area (Å²) in [6.07, 6.45) is 3.74. The summed E-state index contributed by atoms with van der Waals surface area (Å²) in [6, 6.07) is 0. The number of hydrogen-bond acceptors (Lipinski definition) is 2. The van der Waals surface area contributed by atoms with Crippen LogP contribution < -0.4 is 5.32 Å². The molecule has 80 valence electrons. The largest absolute Gasteiger partial charge is 0.384 e. The number of rotatable bonds is 8. The molecule has 2 nitrogen and oxygen atoms in total. The summed E-state index contributed by atoms with van der Waals surface area (Å²) in [5.41, 5.74) is 0.313. The summed E-state index contributed by atoms with van der Waals surface area (Å²) >= 11 is 0. The topological polar surface area (TPSA) is 21.3 Å². The van der Waals surface area contributed by atoms with E-state index < -0.39 is 0 Å². The minimum absolute atomic E-state index is 0.313. The molecule has 13 heavy (non-hydrogen) atoms. The molecule has 0 aliphatic carbocycles. The van der Waals surface area contributed by atoms with Gasteiger partial charge in [0.25, 0.3) is 0 Å². The minimum atomic E-state index is 0.313. The van der Waals surface area contributed by atoms with E-state index in [2.05, 4.69) is 26.1 Å². The van der Waals surface area contributed by atoms with Gasteiger partial charge in [0.2, 0.25) is 0 Å². The van der Waals surface area contributed by atoms with Crippen LogP contribution in [0.5, 0.6) is 0 Å². The third-order valence-electron chi connectivity index (χ3n) is 2.22. The number of hydrogen-bond donors (Lipinski definition) is 1. The van der Waals surface area contributed by atoms with Crippen LogP contribution in [0, 0.1) is 5.41 Å². The molecule has 0 aromatic carbocycles. The molecule has 0 bridgehead atoms. The maximum Gasteiger partial charge on any atom is 0.0513 e. The molecule has 0 aromatic heterocycles. The van der Waals surface area contributed by atoms with Crippen LogP contribution >= 0.6 is 0 Å². The highest BCUT2D eigenvalue weighted by molar-refractivity contribution is 4.68. The molecule has 0 saturated carbocycles. The Hall–Kier alpha value is -0.0800. The van der Waals surface area contributed by atoms with Gasteiger partial charge in [0.05, 0.1) is 6.61 Å². The molecule has 2 heteroatoms. The van der Waals surface area contributed by atoms with Crippen molar-refractivity contribution in [2.45, 2.75) is 40.0 Å². The molecule has 0 unspecified atom stereocenters. The van der Waals surface area contributed by atoms with Crippen molar-refractivity contribution in [2.75, 3.05) is 26.8 Å². The first-order valence-corrected chi connectivity index (χ1v) is 5.32. The van der Waals surface area contributed by atoms with E-state index in [1.807, 2.05) is 0 Å². The Labute approximate surface area is 83.1 Å². The SMILES string of the molecule is CCCCNCCC(C)(C)COC. The highest BCUT2D eigenvalue weighted by Gasteiger charge is 2.16. The van der Waals surface area contributed by atoms with Gasteiger partial charge in [-0.2, -0.15) is 0 Å². The van der Waals surface area contributed by atoms with Crippen molar-refractivity contribution in [3.8, 4) is 0 Å². The van der Waals surface area contributed by atoms with Crippen LogP contribution in [-0.4, -0.2) is 26.8 Å². The molecule has 0 rings (SSSR count). The lowest BCUT2D eigenvalue weighted by Gasteiger charge is -2.23. The van der Waals surface area contributed by atoms with Crippen LogP contribution in [-0.2, 0) is 4.74 Å². The van der Waals surface area contributed by atoms with Crippen molar-refractivity contribution in [3.63, 3.8) is 0 Å². The fourth-order valence-corrected chi connectivity index (χ4v) is 1.32. The van der Waals surface area contributed by atoms with Gasteiger partial charge in [-0.1, -0.05) is 27.2 Å². The molecule has 0 radical (unpaired) electrons. The van der Waals surface area contributed by atoms with E-state index in [9.17, 15) is 0 Å². The smallest absolute Gasteiger partial charge is 0.0513 e. The first-order valence-electron chi connectivity index (χ1n) is 5.32. The van der Waals surface area contributed by atoms with Crippen LogP contribution in [0.2, 0.25) is 0 Å². The summed E-state index contributed by atoms with van der Waals surface area (Å²) < 4.78 is 5.16. The summed E-state index contributed by atoms with van der Waals surface area (Å²) in [5.74, 6) is 0. The fourth-order valence-electron chi connectivity index (χ4n) is 1.32. The molecule has 0 spiro atoms. The third-order valence-corrected chi connectivity index (χ3v) is 2.22. The number of nitrogens with one attached hydrogen (secondary N) is 1. The Balaban J connectivity index is 3.29. The van der Waals surface area contributed by atoms with Gasteiger partial charge in [0.15, 0.2) is 0 Å². The van der Waals surface area contributed by atoms with E-state index in [1.54, 1.807) is 7.11 Å². The standard InChI is InChI=1S/C11H25NO/c1-5-6-8-12-9-7-11(2,3)10-13-4/h12H,5-10H2,1-4H3. The van der Waals surface area contributed by atoms with E-state index in [-0.39, 0.29) is 0 Å². The zero-order valence-electron chi connectivity index (χ0n) is 9.65. The fraction of sp³-hybridized carbons (Fsp3) is 1.00. The minimum Gasteiger partial charge on any atom is -0.384 e. The van der Waals surface area contributed by atoms with Crippen LogP contribution in [0.3, 0.4) is 0 Å². The van der Waals surface area contributed by atoms with E-state index in [0.717, 1.165) is 19.7 Å². The lowest BCUT2D eigenvalue weighted by Crippen LogP contribution is -2.26. The molecule has 1 N–H and O–H groups in total. The van der Waals surface area contributed by atoms with Crippen molar-refractivity contribution in [3.05, 3.63) is 0 Å². The average molecular weight is 187 g/mol. The number of ether oxygens (including phenoxy) is 1. The average Bonchev–Trinajstić information content (AvgIpc) is 2.04. The van der Waals surface area contributed by atoms with Crippen molar-refractivity contribution >= 4 is 0 Å². The van der Waals surface area contributed by atoms with Gasteiger partial charge < -0.3 is 10.1 Å². The van der Waals surface area contributed by atoms with E-state index in [4.69, 9.17) is 4.74 Å². The van der Waals surface area contributed by atoms with Crippen LogP contribution in [0.25, 0.3) is 0 Å². The van der Waals surface area contributed by atoms with Crippen LogP contribution in [0.15, 0.2) is 0 Å². The Morgan fingerprint density at radius 2 is 1.92 bits per heavy atom. The van der Waals surface area contributed by atoms with E-state index in [0.29, 0.717) is 5.41 Å². The van der Waals surface area contributed by atoms with Crippen molar-refractivity contribution in [1.29, 1.82) is 0 Å². The maximum atomic E-state index is 5.16. The maximum absolute atomic E-state index is 5.16. The molecular weight excluding hydrogens is 162 g/mol. The molecule has 0 heterocycles. The zero-order valence-corrected chi connectivity index (χ0v) is 9.65. The molecule has 0 fully saturated rings. The summed E-state index contributed by atoms with van der Waals surface area (Å²) in [4.78, 5) is 0. The van der Waals surface area contributed by atoms with Crippen LogP contribution in [0.1, 0.15) is 40.0 Å².